The Kier molecular flexibility index (Phi) is 4.19. The minimum Gasteiger partial charge on any atom is -0.359 e. The molecule has 4 nitrogen and oxygen atoms in total. The maximum absolute atomic E-state index is 5.84. The monoisotopic (exact) mass is 248 g/mol. The largest absolute Gasteiger partial charge is 0.359 e. The van der Waals surface area contributed by atoms with Crippen molar-refractivity contribution in [3.05, 3.63) is 23.4 Å². The first-order valence-corrected chi connectivity index (χ1v) is 6.66. The molecule has 2 N–H and O–H groups in total. The van der Waals surface area contributed by atoms with E-state index in [0.717, 1.165) is 18.3 Å². The van der Waals surface area contributed by atoms with Gasteiger partial charge in [0.05, 0.1) is 0 Å². The van der Waals surface area contributed by atoms with Gasteiger partial charge >= 0.3 is 0 Å². The SMILES string of the molecule is Cc1ccnc(N(C)CC2CCN(C)C2)c1CN. The van der Waals surface area contributed by atoms with Crippen LogP contribution in [0.4, 0.5) is 5.82 Å². The molecule has 0 radical (unpaired) electrons. The zero-order chi connectivity index (χ0) is 13.1. The number of hydrogen-bond donors (Lipinski definition) is 1. The maximum atomic E-state index is 5.84. The van der Waals surface area contributed by atoms with Crippen molar-refractivity contribution in [3.8, 4) is 0 Å². The Bertz CT molecular complexity index is 405. The number of aromatic nitrogens is 1. The summed E-state index contributed by atoms with van der Waals surface area (Å²) in [6.45, 7) is 6.12. The van der Waals surface area contributed by atoms with E-state index in [9.17, 15) is 0 Å². The Hall–Kier alpha value is -1.13. The van der Waals surface area contributed by atoms with E-state index in [-0.39, 0.29) is 0 Å². The summed E-state index contributed by atoms with van der Waals surface area (Å²) in [4.78, 5) is 9.16. The van der Waals surface area contributed by atoms with E-state index < -0.39 is 0 Å². The van der Waals surface area contributed by atoms with Gasteiger partial charge in [-0.1, -0.05) is 0 Å². The van der Waals surface area contributed by atoms with Crippen molar-refractivity contribution in [2.45, 2.75) is 19.9 Å². The first-order valence-electron chi connectivity index (χ1n) is 6.66. The molecule has 1 aliphatic rings. The first kappa shape index (κ1) is 13.3. The van der Waals surface area contributed by atoms with Crippen LogP contribution in [0.2, 0.25) is 0 Å². The lowest BCUT2D eigenvalue weighted by Gasteiger charge is -2.24. The molecule has 2 heterocycles. The second kappa shape index (κ2) is 5.67. The number of pyridine rings is 1. The van der Waals surface area contributed by atoms with Crippen LogP contribution in [0.5, 0.6) is 0 Å². The van der Waals surface area contributed by atoms with Crippen LogP contribution in [0.15, 0.2) is 12.3 Å². The Morgan fingerprint density at radius 2 is 2.33 bits per heavy atom. The summed E-state index contributed by atoms with van der Waals surface area (Å²) in [6, 6.07) is 2.03. The lowest BCUT2D eigenvalue weighted by molar-refractivity contribution is 0.395. The molecular weight excluding hydrogens is 224 g/mol. The number of aryl methyl sites for hydroxylation is 1. The first-order chi connectivity index (χ1) is 8.61. The van der Waals surface area contributed by atoms with E-state index in [1.165, 1.54) is 30.6 Å². The smallest absolute Gasteiger partial charge is 0.133 e. The second-order valence-corrected chi connectivity index (χ2v) is 5.43. The molecule has 0 bridgehead atoms. The number of nitrogens with zero attached hydrogens (tertiary/aromatic N) is 3. The van der Waals surface area contributed by atoms with Crippen LogP contribution in [-0.2, 0) is 6.54 Å². The average molecular weight is 248 g/mol. The van der Waals surface area contributed by atoms with Crippen molar-refractivity contribution in [2.24, 2.45) is 11.7 Å². The van der Waals surface area contributed by atoms with Gasteiger partial charge in [-0.05, 0) is 44.5 Å². The highest BCUT2D eigenvalue weighted by Crippen LogP contribution is 2.22. The van der Waals surface area contributed by atoms with Crippen molar-refractivity contribution in [3.63, 3.8) is 0 Å². The quantitative estimate of drug-likeness (QED) is 0.870. The van der Waals surface area contributed by atoms with E-state index in [1.807, 2.05) is 12.3 Å². The van der Waals surface area contributed by atoms with Crippen LogP contribution >= 0.6 is 0 Å². The summed E-state index contributed by atoms with van der Waals surface area (Å²) in [7, 11) is 4.31. The van der Waals surface area contributed by atoms with Gasteiger partial charge in [0.2, 0.25) is 0 Å². The van der Waals surface area contributed by atoms with Gasteiger partial charge in [0, 0.05) is 38.4 Å². The topological polar surface area (TPSA) is 45.4 Å². The number of rotatable bonds is 4. The molecule has 0 saturated carbocycles. The third kappa shape index (κ3) is 2.82. The summed E-state index contributed by atoms with van der Waals surface area (Å²) >= 11 is 0. The Labute approximate surface area is 110 Å². The predicted molar refractivity (Wildman–Crippen MR) is 75.7 cm³/mol. The fraction of sp³-hybridized carbons (Fsp3) is 0.643. The fourth-order valence-corrected chi connectivity index (χ4v) is 2.80. The van der Waals surface area contributed by atoms with Gasteiger partial charge in [-0.2, -0.15) is 0 Å². The summed E-state index contributed by atoms with van der Waals surface area (Å²) < 4.78 is 0. The van der Waals surface area contributed by atoms with Crippen molar-refractivity contribution >= 4 is 5.82 Å². The fourth-order valence-electron chi connectivity index (χ4n) is 2.80. The molecule has 1 saturated heterocycles. The van der Waals surface area contributed by atoms with Crippen LogP contribution < -0.4 is 10.6 Å². The molecule has 4 heteroatoms. The van der Waals surface area contributed by atoms with Gasteiger partial charge in [-0.3, -0.25) is 0 Å². The van der Waals surface area contributed by atoms with Crippen LogP contribution in [-0.4, -0.2) is 43.6 Å². The standard InChI is InChI=1S/C14H24N4/c1-11-4-6-16-14(13(11)8-15)18(3)10-12-5-7-17(2)9-12/h4,6,12H,5,7-10,15H2,1-3H3. The minimum absolute atomic E-state index is 0.559. The number of anilines is 1. The summed E-state index contributed by atoms with van der Waals surface area (Å²) in [5, 5.41) is 0. The number of likely N-dealkylation sites (tertiary alicyclic amines) is 1. The maximum Gasteiger partial charge on any atom is 0.133 e. The number of nitrogens with two attached hydrogens (primary N) is 1. The van der Waals surface area contributed by atoms with Crippen molar-refractivity contribution in [2.75, 3.05) is 38.6 Å². The third-order valence-electron chi connectivity index (χ3n) is 3.85. The van der Waals surface area contributed by atoms with E-state index in [0.29, 0.717) is 6.54 Å². The zero-order valence-corrected chi connectivity index (χ0v) is 11.7. The van der Waals surface area contributed by atoms with Gasteiger partial charge in [-0.15, -0.1) is 0 Å². The minimum atomic E-state index is 0.559. The highest BCUT2D eigenvalue weighted by atomic mass is 15.2. The van der Waals surface area contributed by atoms with Gasteiger partial charge in [-0.25, -0.2) is 4.98 Å². The number of hydrogen-bond acceptors (Lipinski definition) is 4. The summed E-state index contributed by atoms with van der Waals surface area (Å²) in [5.41, 5.74) is 8.25. The molecule has 100 valence electrons. The lowest BCUT2D eigenvalue weighted by Crippen LogP contribution is -2.29. The normalized spacial score (nSPS) is 20.3. The van der Waals surface area contributed by atoms with Gasteiger partial charge in [0.1, 0.15) is 5.82 Å². The highest BCUT2D eigenvalue weighted by Gasteiger charge is 2.22. The van der Waals surface area contributed by atoms with Gasteiger partial charge < -0.3 is 15.5 Å². The van der Waals surface area contributed by atoms with Crippen molar-refractivity contribution in [1.29, 1.82) is 0 Å². The van der Waals surface area contributed by atoms with E-state index in [1.54, 1.807) is 0 Å². The van der Waals surface area contributed by atoms with Crippen LogP contribution in [0.3, 0.4) is 0 Å². The van der Waals surface area contributed by atoms with Gasteiger partial charge in [0.15, 0.2) is 0 Å². The molecule has 1 aromatic rings. The van der Waals surface area contributed by atoms with E-state index >= 15 is 0 Å². The predicted octanol–water partition coefficient (Wildman–Crippen LogP) is 1.24. The highest BCUT2D eigenvalue weighted by molar-refractivity contribution is 5.49. The Morgan fingerprint density at radius 3 is 2.94 bits per heavy atom. The molecule has 0 aliphatic carbocycles. The molecule has 1 fully saturated rings. The van der Waals surface area contributed by atoms with Crippen LogP contribution in [0.1, 0.15) is 17.5 Å². The third-order valence-corrected chi connectivity index (χ3v) is 3.85. The molecular formula is C14H24N4. The summed E-state index contributed by atoms with van der Waals surface area (Å²) in [6.07, 6.45) is 3.16. The molecule has 0 amide bonds. The molecule has 1 atom stereocenters. The molecule has 1 aromatic heterocycles. The van der Waals surface area contributed by atoms with Crippen LogP contribution in [0.25, 0.3) is 0 Å². The zero-order valence-electron chi connectivity index (χ0n) is 11.7. The lowest BCUT2D eigenvalue weighted by atomic mass is 10.1. The Balaban J connectivity index is 2.08. The van der Waals surface area contributed by atoms with Crippen molar-refractivity contribution in [1.82, 2.24) is 9.88 Å². The second-order valence-electron chi connectivity index (χ2n) is 5.43. The molecule has 18 heavy (non-hydrogen) atoms. The van der Waals surface area contributed by atoms with E-state index in [4.69, 9.17) is 5.73 Å². The van der Waals surface area contributed by atoms with Crippen LogP contribution in [0, 0.1) is 12.8 Å². The molecule has 0 aromatic carbocycles. The molecule has 1 unspecified atom stereocenters. The summed E-state index contributed by atoms with van der Waals surface area (Å²) in [5.74, 6) is 1.79. The molecule has 2 rings (SSSR count). The Morgan fingerprint density at radius 1 is 1.56 bits per heavy atom. The molecule has 0 spiro atoms. The van der Waals surface area contributed by atoms with Crippen molar-refractivity contribution < 1.29 is 0 Å². The average Bonchev–Trinajstić information content (AvgIpc) is 2.74. The van der Waals surface area contributed by atoms with Gasteiger partial charge in [0.25, 0.3) is 0 Å². The van der Waals surface area contributed by atoms with E-state index in [2.05, 4.69) is 35.8 Å². The molecule has 1 aliphatic heterocycles.